The van der Waals surface area contributed by atoms with Crippen molar-refractivity contribution in [2.75, 3.05) is 31.1 Å². The number of imidazole rings is 1. The monoisotopic (exact) mass is 464 g/mol. The van der Waals surface area contributed by atoms with Crippen LogP contribution in [0.2, 0.25) is 0 Å². The first kappa shape index (κ1) is 22.9. The van der Waals surface area contributed by atoms with Crippen molar-refractivity contribution < 1.29 is 0 Å². The van der Waals surface area contributed by atoms with Gasteiger partial charge in [-0.2, -0.15) is 4.98 Å². The second-order valence-corrected chi connectivity index (χ2v) is 9.84. The molecular formula is C26H36N6O2. The lowest BCUT2D eigenvalue weighted by atomic mass is 9.87. The lowest BCUT2D eigenvalue weighted by Crippen LogP contribution is -2.40. The molecular weight excluding hydrogens is 428 g/mol. The number of anilines is 1. The number of benzene rings is 1. The predicted octanol–water partition coefficient (Wildman–Crippen LogP) is 2.72. The molecule has 34 heavy (non-hydrogen) atoms. The minimum absolute atomic E-state index is 0.212. The summed E-state index contributed by atoms with van der Waals surface area (Å²) in [4.78, 5) is 34.2. The van der Waals surface area contributed by atoms with Gasteiger partial charge in [0.2, 0.25) is 5.95 Å². The fraction of sp³-hybridized carbons (Fsp3) is 0.577. The van der Waals surface area contributed by atoms with Gasteiger partial charge in [0.05, 0.1) is 6.54 Å². The van der Waals surface area contributed by atoms with Crippen molar-refractivity contribution in [2.45, 2.75) is 58.0 Å². The van der Waals surface area contributed by atoms with Gasteiger partial charge in [0.1, 0.15) is 0 Å². The molecule has 1 aromatic carbocycles. The number of hydrogen-bond acceptors (Lipinski definition) is 5. The van der Waals surface area contributed by atoms with E-state index in [-0.39, 0.29) is 11.2 Å². The Bertz CT molecular complexity index is 1230. The van der Waals surface area contributed by atoms with E-state index in [4.69, 9.17) is 4.98 Å². The van der Waals surface area contributed by atoms with Crippen molar-refractivity contribution in [2.24, 2.45) is 13.0 Å². The van der Waals surface area contributed by atoms with Crippen LogP contribution < -0.4 is 21.5 Å². The predicted molar refractivity (Wildman–Crippen MR) is 136 cm³/mol. The Kier molecular flexibility index (Phi) is 6.85. The molecule has 2 fully saturated rings. The summed E-state index contributed by atoms with van der Waals surface area (Å²) in [7, 11) is 1.74. The topological polar surface area (TPSA) is 77.1 Å². The molecule has 5 rings (SSSR count). The van der Waals surface area contributed by atoms with Crippen molar-refractivity contribution in [1.82, 2.24) is 24.0 Å². The lowest BCUT2D eigenvalue weighted by molar-refractivity contribution is 0.320. The van der Waals surface area contributed by atoms with Crippen LogP contribution in [0.4, 0.5) is 5.95 Å². The third kappa shape index (κ3) is 4.56. The number of nitrogens with one attached hydrogen (secondary N) is 1. The molecule has 0 spiro atoms. The number of nitrogens with zero attached hydrogens (tertiary/aromatic N) is 5. The second kappa shape index (κ2) is 10.2. The quantitative estimate of drug-likeness (QED) is 0.607. The Hall–Kier alpha value is -2.87. The van der Waals surface area contributed by atoms with E-state index in [2.05, 4.69) is 22.3 Å². The average molecular weight is 465 g/mol. The summed E-state index contributed by atoms with van der Waals surface area (Å²) in [5.74, 6) is 1.38. The third-order valence-corrected chi connectivity index (χ3v) is 7.50. The van der Waals surface area contributed by atoms with E-state index in [1.165, 1.54) is 36.7 Å². The Morgan fingerprint density at radius 3 is 2.56 bits per heavy atom. The van der Waals surface area contributed by atoms with Gasteiger partial charge in [-0.05, 0) is 30.9 Å². The first-order chi connectivity index (χ1) is 16.6. The molecule has 0 unspecified atom stereocenters. The van der Waals surface area contributed by atoms with Gasteiger partial charge in [0.25, 0.3) is 5.56 Å². The molecule has 182 valence electrons. The molecule has 8 nitrogen and oxygen atoms in total. The molecule has 8 heteroatoms. The van der Waals surface area contributed by atoms with E-state index in [9.17, 15) is 9.59 Å². The van der Waals surface area contributed by atoms with Gasteiger partial charge < -0.3 is 10.2 Å². The molecule has 1 N–H and O–H groups in total. The summed E-state index contributed by atoms with van der Waals surface area (Å²) in [6, 6.07) is 10.2. The van der Waals surface area contributed by atoms with Crippen LogP contribution in [0.15, 0.2) is 39.9 Å². The zero-order valence-corrected chi connectivity index (χ0v) is 20.2. The maximum Gasteiger partial charge on any atom is 0.332 e. The first-order valence-corrected chi connectivity index (χ1v) is 12.8. The van der Waals surface area contributed by atoms with Crippen LogP contribution in [0, 0.1) is 5.92 Å². The minimum Gasteiger partial charge on any atom is -0.341 e. The van der Waals surface area contributed by atoms with E-state index in [1.807, 2.05) is 22.8 Å². The Morgan fingerprint density at radius 1 is 0.971 bits per heavy atom. The SMILES string of the molecule is Cn1c(=O)n(CCC2CCCCC2)c(=O)c2c1nc(N1CCCNCC1)n2Cc1ccccc1. The van der Waals surface area contributed by atoms with E-state index in [0.717, 1.165) is 50.5 Å². The van der Waals surface area contributed by atoms with Gasteiger partial charge in [-0.3, -0.25) is 18.5 Å². The van der Waals surface area contributed by atoms with Gasteiger partial charge >= 0.3 is 5.69 Å². The minimum atomic E-state index is -0.262. The van der Waals surface area contributed by atoms with E-state index in [0.29, 0.717) is 30.2 Å². The molecule has 1 saturated carbocycles. The largest absolute Gasteiger partial charge is 0.341 e. The summed E-state index contributed by atoms with van der Waals surface area (Å²) in [5, 5.41) is 3.44. The van der Waals surface area contributed by atoms with Crippen LogP contribution in [-0.4, -0.2) is 44.9 Å². The van der Waals surface area contributed by atoms with Crippen LogP contribution in [0.3, 0.4) is 0 Å². The van der Waals surface area contributed by atoms with Crippen LogP contribution >= 0.6 is 0 Å². The molecule has 1 saturated heterocycles. The summed E-state index contributed by atoms with van der Waals surface area (Å²) in [6.45, 7) is 4.57. The van der Waals surface area contributed by atoms with Crippen molar-refractivity contribution in [3.63, 3.8) is 0 Å². The van der Waals surface area contributed by atoms with E-state index >= 15 is 0 Å². The second-order valence-electron chi connectivity index (χ2n) is 9.84. The van der Waals surface area contributed by atoms with Gasteiger partial charge in [0.15, 0.2) is 11.2 Å². The number of hydrogen-bond donors (Lipinski definition) is 1. The summed E-state index contributed by atoms with van der Waals surface area (Å²) >= 11 is 0. The maximum atomic E-state index is 13.8. The number of aromatic nitrogens is 4. The summed E-state index contributed by atoms with van der Waals surface area (Å²) < 4.78 is 5.06. The molecule has 2 aliphatic rings. The molecule has 1 aliphatic heterocycles. The van der Waals surface area contributed by atoms with Gasteiger partial charge in [-0.15, -0.1) is 0 Å². The average Bonchev–Trinajstić information content (AvgIpc) is 3.03. The number of rotatable bonds is 6. The molecule has 3 heterocycles. The summed E-state index contributed by atoms with van der Waals surface area (Å²) in [5.41, 5.74) is 1.64. The van der Waals surface area contributed by atoms with Crippen molar-refractivity contribution in [3.05, 3.63) is 56.7 Å². The molecule has 3 aromatic rings. The Balaban J connectivity index is 1.61. The molecule has 2 aromatic heterocycles. The Morgan fingerprint density at radius 2 is 1.76 bits per heavy atom. The zero-order chi connectivity index (χ0) is 23.5. The normalized spacial score (nSPS) is 17.9. The highest BCUT2D eigenvalue weighted by atomic mass is 16.2. The number of aryl methyl sites for hydroxylation is 1. The molecule has 1 aliphatic carbocycles. The van der Waals surface area contributed by atoms with Crippen LogP contribution in [-0.2, 0) is 20.1 Å². The molecule has 0 amide bonds. The smallest absolute Gasteiger partial charge is 0.332 e. The standard InChI is InChI=1S/C26H36N6O2/c1-29-23-22(24(33)31(26(29)34)17-13-20-9-4-2-5-10-20)32(19-21-11-6-3-7-12-21)25(28-23)30-16-8-14-27-15-18-30/h3,6-7,11-12,20,27H,2,4-5,8-10,13-19H2,1H3. The lowest BCUT2D eigenvalue weighted by Gasteiger charge is -2.22. The maximum absolute atomic E-state index is 13.8. The number of fused-ring (bicyclic) bond motifs is 1. The van der Waals surface area contributed by atoms with E-state index in [1.54, 1.807) is 11.6 Å². The fourth-order valence-corrected chi connectivity index (χ4v) is 5.55. The van der Waals surface area contributed by atoms with E-state index < -0.39 is 0 Å². The molecule has 0 atom stereocenters. The Labute approximate surface area is 200 Å². The highest BCUT2D eigenvalue weighted by molar-refractivity contribution is 5.75. The molecule has 0 radical (unpaired) electrons. The first-order valence-electron chi connectivity index (χ1n) is 12.8. The highest BCUT2D eigenvalue weighted by Gasteiger charge is 2.24. The van der Waals surface area contributed by atoms with Gasteiger partial charge in [-0.1, -0.05) is 62.4 Å². The van der Waals surface area contributed by atoms with Crippen LogP contribution in [0.5, 0.6) is 0 Å². The third-order valence-electron chi connectivity index (χ3n) is 7.50. The van der Waals surface area contributed by atoms with Crippen LogP contribution in [0.1, 0.15) is 50.5 Å². The zero-order valence-electron chi connectivity index (χ0n) is 20.2. The molecule has 0 bridgehead atoms. The van der Waals surface area contributed by atoms with Crippen molar-refractivity contribution in [3.8, 4) is 0 Å². The van der Waals surface area contributed by atoms with Crippen molar-refractivity contribution >= 4 is 17.1 Å². The van der Waals surface area contributed by atoms with Gasteiger partial charge in [-0.25, -0.2) is 4.79 Å². The van der Waals surface area contributed by atoms with Crippen molar-refractivity contribution in [1.29, 1.82) is 0 Å². The highest BCUT2D eigenvalue weighted by Crippen LogP contribution is 2.27. The van der Waals surface area contributed by atoms with Gasteiger partial charge in [0, 0.05) is 33.2 Å². The summed E-state index contributed by atoms with van der Waals surface area (Å²) in [6.07, 6.45) is 8.13. The fourth-order valence-electron chi connectivity index (χ4n) is 5.55. The van der Waals surface area contributed by atoms with Crippen LogP contribution in [0.25, 0.3) is 11.2 Å².